The van der Waals surface area contributed by atoms with Crippen LogP contribution < -0.4 is 10.1 Å². The van der Waals surface area contributed by atoms with Gasteiger partial charge in [-0.3, -0.25) is 4.98 Å². The van der Waals surface area contributed by atoms with Crippen molar-refractivity contribution in [3.8, 4) is 5.75 Å². The molecule has 1 aliphatic carbocycles. The molecule has 1 aliphatic rings. The highest BCUT2D eigenvalue weighted by Gasteiger charge is 2.44. The number of halogens is 2. The van der Waals surface area contributed by atoms with Gasteiger partial charge in [-0.05, 0) is 38.8 Å². The zero-order valence-corrected chi connectivity index (χ0v) is 17.1. The number of hydrogen-bond donors (Lipinski definition) is 3. The summed E-state index contributed by atoms with van der Waals surface area (Å²) in [5.41, 5.74) is 1.58. The first-order valence-electron chi connectivity index (χ1n) is 8.50. The van der Waals surface area contributed by atoms with Crippen LogP contribution in [-0.4, -0.2) is 45.7 Å². The first kappa shape index (κ1) is 23.7. The van der Waals surface area contributed by atoms with Crippen molar-refractivity contribution in [1.82, 2.24) is 15.5 Å². The van der Waals surface area contributed by atoms with Crippen molar-refractivity contribution in [2.75, 3.05) is 13.2 Å². The lowest BCUT2D eigenvalue weighted by Crippen LogP contribution is -2.38. The van der Waals surface area contributed by atoms with E-state index in [1.807, 2.05) is 26.0 Å². The van der Waals surface area contributed by atoms with Crippen molar-refractivity contribution >= 4 is 24.8 Å². The third-order valence-electron chi connectivity index (χ3n) is 4.89. The fourth-order valence-corrected chi connectivity index (χ4v) is 3.43. The first-order chi connectivity index (χ1) is 12.0. The van der Waals surface area contributed by atoms with Crippen molar-refractivity contribution < 1.29 is 19.5 Å². The van der Waals surface area contributed by atoms with Crippen molar-refractivity contribution in [2.45, 2.75) is 45.4 Å². The number of aryl methyl sites for hydroxylation is 2. The molecular weight excluding hydrogens is 393 g/mol. The fraction of sp³-hybridized carbons (Fsp3) is 0.556. The molecule has 152 valence electrons. The van der Waals surface area contributed by atoms with Gasteiger partial charge in [-0.1, -0.05) is 5.16 Å². The number of aliphatic hydroxyl groups is 2. The molecule has 2 aromatic rings. The largest absolute Gasteiger partial charge is 0.491 e. The molecule has 27 heavy (non-hydrogen) atoms. The van der Waals surface area contributed by atoms with E-state index < -0.39 is 12.2 Å². The molecule has 0 saturated heterocycles. The minimum absolute atomic E-state index is 0. The van der Waals surface area contributed by atoms with Crippen LogP contribution in [-0.2, 0) is 6.54 Å². The van der Waals surface area contributed by atoms with Gasteiger partial charge in [0.05, 0.1) is 30.7 Å². The maximum Gasteiger partial charge on any atom is 0.138 e. The molecule has 1 fully saturated rings. The molecular formula is C18H27Cl2N3O4. The van der Waals surface area contributed by atoms with E-state index in [2.05, 4.69) is 15.5 Å². The van der Waals surface area contributed by atoms with Crippen LogP contribution in [0.1, 0.15) is 29.9 Å². The van der Waals surface area contributed by atoms with Gasteiger partial charge in [0.25, 0.3) is 0 Å². The second-order valence-corrected chi connectivity index (χ2v) is 6.93. The number of aromatic nitrogens is 2. The Labute approximate surface area is 171 Å². The van der Waals surface area contributed by atoms with E-state index in [9.17, 15) is 10.2 Å². The predicted molar refractivity (Wildman–Crippen MR) is 106 cm³/mol. The molecule has 0 bridgehead atoms. The predicted octanol–water partition coefficient (Wildman–Crippen LogP) is 2.20. The van der Waals surface area contributed by atoms with E-state index in [4.69, 9.17) is 9.26 Å². The molecule has 0 spiro atoms. The molecule has 3 N–H and O–H groups in total. The van der Waals surface area contributed by atoms with Crippen LogP contribution >= 0.6 is 24.8 Å². The molecule has 0 aliphatic heterocycles. The summed E-state index contributed by atoms with van der Waals surface area (Å²) >= 11 is 0. The van der Waals surface area contributed by atoms with Gasteiger partial charge in [0.1, 0.15) is 11.5 Å². The van der Waals surface area contributed by atoms with Crippen LogP contribution in [0.25, 0.3) is 0 Å². The van der Waals surface area contributed by atoms with E-state index in [1.165, 1.54) is 0 Å². The monoisotopic (exact) mass is 419 g/mol. The van der Waals surface area contributed by atoms with Crippen LogP contribution in [0.2, 0.25) is 0 Å². The zero-order valence-electron chi connectivity index (χ0n) is 15.4. The third-order valence-corrected chi connectivity index (χ3v) is 4.89. The first-order valence-corrected chi connectivity index (χ1v) is 8.50. The summed E-state index contributed by atoms with van der Waals surface area (Å²) in [5, 5.41) is 27.4. The average Bonchev–Trinajstić information content (AvgIpc) is 3.07. The quantitative estimate of drug-likeness (QED) is 0.632. The van der Waals surface area contributed by atoms with Crippen LogP contribution in [0, 0.1) is 19.3 Å². The number of ether oxygens (including phenoxy) is 1. The Morgan fingerprint density at radius 3 is 2.52 bits per heavy atom. The number of nitrogens with zero attached hydrogens (tertiary/aromatic N) is 2. The molecule has 3 rings (SSSR count). The smallest absolute Gasteiger partial charge is 0.138 e. The van der Waals surface area contributed by atoms with Crippen molar-refractivity contribution in [2.24, 2.45) is 5.41 Å². The molecule has 0 aromatic carbocycles. The van der Waals surface area contributed by atoms with Crippen LogP contribution in [0.3, 0.4) is 0 Å². The molecule has 2 heterocycles. The topological polar surface area (TPSA) is 101 Å². The average molecular weight is 420 g/mol. The molecule has 7 nitrogen and oxygen atoms in total. The Morgan fingerprint density at radius 1 is 1.26 bits per heavy atom. The van der Waals surface area contributed by atoms with Crippen molar-refractivity contribution in [1.29, 1.82) is 0 Å². The number of hydrogen-bond acceptors (Lipinski definition) is 7. The maximum atomic E-state index is 10.0. The highest BCUT2D eigenvalue weighted by Crippen LogP contribution is 2.38. The van der Waals surface area contributed by atoms with E-state index in [1.54, 1.807) is 12.4 Å². The summed E-state index contributed by atoms with van der Waals surface area (Å²) in [6, 6.07) is 3.66. The molecule has 2 aromatic heterocycles. The van der Waals surface area contributed by atoms with Gasteiger partial charge >= 0.3 is 0 Å². The lowest BCUT2D eigenvalue weighted by Gasteiger charge is -2.29. The summed E-state index contributed by atoms with van der Waals surface area (Å²) in [4.78, 5) is 4.04. The molecule has 3 atom stereocenters. The number of aliphatic hydroxyl groups excluding tert-OH is 2. The Bertz CT molecular complexity index is 670. The lowest BCUT2D eigenvalue weighted by atomic mass is 9.86. The van der Waals surface area contributed by atoms with E-state index >= 15 is 0 Å². The summed E-state index contributed by atoms with van der Waals surface area (Å²) in [7, 11) is 0. The second kappa shape index (κ2) is 10.2. The third kappa shape index (κ3) is 5.80. The van der Waals surface area contributed by atoms with Gasteiger partial charge in [-0.15, -0.1) is 24.8 Å². The van der Waals surface area contributed by atoms with E-state index in [-0.39, 0.29) is 30.2 Å². The van der Waals surface area contributed by atoms with Crippen molar-refractivity contribution in [3.05, 3.63) is 41.5 Å². The standard InChI is InChI=1S/C18H25N3O4.2ClH/c1-12-15(13(2)25-21-12)9-20-10-18(6-16(22)17(23)7-18)11-24-14-4-3-5-19-8-14;;/h3-5,8,16-17,20,22-23H,6-7,9-11H2,1-2H3;2*1H/t16-,17+,18?;;. The highest BCUT2D eigenvalue weighted by atomic mass is 35.5. The number of pyridine rings is 1. The SMILES string of the molecule is Cc1noc(C)c1CNCC1(COc2cccnc2)C[C@@H](O)[C@@H](O)C1.Cl.Cl. The lowest BCUT2D eigenvalue weighted by molar-refractivity contribution is 0.0438. The highest BCUT2D eigenvalue weighted by molar-refractivity contribution is 5.85. The zero-order chi connectivity index (χ0) is 17.9. The normalized spacial score (nSPS) is 24.1. The molecule has 1 unspecified atom stereocenters. The van der Waals surface area contributed by atoms with Gasteiger partial charge in [0.2, 0.25) is 0 Å². The summed E-state index contributed by atoms with van der Waals surface area (Å²) in [6.07, 6.45) is 2.88. The second-order valence-electron chi connectivity index (χ2n) is 6.93. The van der Waals surface area contributed by atoms with Gasteiger partial charge < -0.3 is 24.8 Å². The van der Waals surface area contributed by atoms with Crippen molar-refractivity contribution in [3.63, 3.8) is 0 Å². The molecule has 1 saturated carbocycles. The van der Waals surface area contributed by atoms with Gasteiger partial charge in [0, 0.05) is 30.3 Å². The maximum absolute atomic E-state index is 10.0. The van der Waals surface area contributed by atoms with Gasteiger partial charge in [-0.2, -0.15) is 0 Å². The van der Waals surface area contributed by atoms with E-state index in [0.29, 0.717) is 38.3 Å². The Morgan fingerprint density at radius 2 is 1.96 bits per heavy atom. The number of nitrogens with one attached hydrogen (secondary N) is 1. The van der Waals surface area contributed by atoms with Crippen LogP contribution in [0.15, 0.2) is 29.0 Å². The number of rotatable bonds is 7. The Kier molecular flexibility index (Phi) is 8.98. The summed E-state index contributed by atoms with van der Waals surface area (Å²) in [6.45, 7) is 5.45. The Hall–Kier alpha value is -1.38. The minimum Gasteiger partial charge on any atom is -0.491 e. The summed E-state index contributed by atoms with van der Waals surface area (Å²) in [5.74, 6) is 1.49. The minimum atomic E-state index is -0.724. The molecule has 9 heteroatoms. The molecule has 0 radical (unpaired) electrons. The van der Waals surface area contributed by atoms with Crippen LogP contribution in [0.4, 0.5) is 0 Å². The van der Waals surface area contributed by atoms with Gasteiger partial charge in [0.15, 0.2) is 0 Å². The summed E-state index contributed by atoms with van der Waals surface area (Å²) < 4.78 is 11.1. The molecule has 0 amide bonds. The van der Waals surface area contributed by atoms with E-state index in [0.717, 1.165) is 17.0 Å². The van der Waals surface area contributed by atoms with Crippen LogP contribution in [0.5, 0.6) is 5.75 Å². The van der Waals surface area contributed by atoms with Gasteiger partial charge in [-0.25, -0.2) is 0 Å². The fourth-order valence-electron chi connectivity index (χ4n) is 3.43. The Balaban J connectivity index is 0.00000182.